The molecular formula is C23H30N10Na3O15P3S2. The quantitative estimate of drug-likeness (QED) is 0.0296. The van der Waals surface area contributed by atoms with Crippen molar-refractivity contribution in [1.82, 2.24) is 39.0 Å². The zero-order valence-corrected chi connectivity index (χ0v) is 40.4. The summed E-state index contributed by atoms with van der Waals surface area (Å²) < 4.78 is 64.4. The average Bonchev–Trinajstić information content (AvgIpc) is 3.83. The van der Waals surface area contributed by atoms with Crippen molar-refractivity contribution in [3.8, 4) is 0 Å². The minimum absolute atomic E-state index is 0. The monoisotopic (exact) mass is 912 g/mol. The van der Waals surface area contributed by atoms with Gasteiger partial charge in [0.25, 0.3) is 7.82 Å². The molecule has 0 aliphatic carbocycles. The molecule has 292 valence electrons. The molecule has 25 nitrogen and oxygen atoms in total. The number of phosphoric acid groups is 1. The van der Waals surface area contributed by atoms with Crippen molar-refractivity contribution in [2.75, 3.05) is 43.1 Å². The minimum Gasteiger partial charge on any atom is -0.778 e. The first-order valence-electron chi connectivity index (χ1n) is 14.9. The van der Waals surface area contributed by atoms with E-state index < -0.39 is 91.2 Å². The fourth-order valence-electron chi connectivity index (χ4n) is 5.39. The van der Waals surface area contributed by atoms with Crippen molar-refractivity contribution < 1.29 is 160 Å². The summed E-state index contributed by atoms with van der Waals surface area (Å²) in [5.41, 5.74) is 12.4. The first-order valence-corrected chi connectivity index (χ1v) is 22.2. The van der Waals surface area contributed by atoms with Gasteiger partial charge < -0.3 is 74.2 Å². The van der Waals surface area contributed by atoms with Crippen LogP contribution < -0.4 is 115 Å². The number of hydrogen-bond acceptors (Lipinski definition) is 25. The van der Waals surface area contributed by atoms with Gasteiger partial charge in [-0.25, -0.2) is 29.9 Å². The third-order valence-corrected chi connectivity index (χ3v) is 14.5. The standard InChI is InChI=1S/C23H33N10O15P3S2.3Na/c1-52-22-28-16(24)10-18(30-22)32(5-26-10)20-14(36)12(34)8(46-20)3-44-49(38,39)7-50(40,41)48-51(42,43)45-4-9-13(35)15(37)21(47-9)33-6-27-11-17(25)29-23(53-2)31-19(11)33;;;/h5-6,8-9,12-15,20-21,34-37H,3-4,7H2,1-2H3,(H,38,39)(H,40,41)(H,42,43)(H2,24,28,30)(H2,25,29,31);;;/q;3*+1/p-3/t8-,9-,12-,13-,14-,15-,20-,21-;;;/m1.../s1. The fourth-order valence-corrected chi connectivity index (χ4v) is 10.9. The van der Waals surface area contributed by atoms with Crippen LogP contribution in [0.15, 0.2) is 23.0 Å². The predicted octanol–water partition coefficient (Wildman–Crippen LogP) is -11.9. The molecule has 0 saturated carbocycles. The number of nitrogens with zero attached hydrogens (tertiary/aromatic N) is 8. The molecule has 11 atom stereocenters. The van der Waals surface area contributed by atoms with Gasteiger partial charge in [0.1, 0.15) is 55.3 Å². The van der Waals surface area contributed by atoms with Crippen LogP contribution in [0.25, 0.3) is 22.3 Å². The molecule has 0 bridgehead atoms. The Bertz CT molecular complexity index is 2020. The summed E-state index contributed by atoms with van der Waals surface area (Å²) in [6.45, 7) is -2.09. The number of anilines is 2. The molecular weight excluding hydrogens is 882 g/mol. The van der Waals surface area contributed by atoms with Gasteiger partial charge >= 0.3 is 88.7 Å². The van der Waals surface area contributed by atoms with Crippen molar-refractivity contribution in [3.63, 3.8) is 0 Å². The molecule has 3 unspecified atom stereocenters. The summed E-state index contributed by atoms with van der Waals surface area (Å²) >= 11 is 2.32. The first-order chi connectivity index (χ1) is 24.8. The van der Waals surface area contributed by atoms with E-state index in [0.29, 0.717) is 0 Å². The van der Waals surface area contributed by atoms with Crippen LogP contribution in [-0.2, 0) is 36.5 Å². The van der Waals surface area contributed by atoms with E-state index in [9.17, 15) is 48.8 Å². The number of rotatable bonds is 14. The van der Waals surface area contributed by atoms with Gasteiger partial charge in [-0.05, 0) is 12.5 Å². The van der Waals surface area contributed by atoms with Crippen LogP contribution in [0.3, 0.4) is 0 Å². The molecule has 56 heavy (non-hydrogen) atoms. The van der Waals surface area contributed by atoms with Crippen LogP contribution in [0, 0.1) is 0 Å². The minimum atomic E-state index is -5.86. The largest absolute Gasteiger partial charge is 1.00 e. The molecule has 2 saturated heterocycles. The number of nitrogens with two attached hydrogens (primary N) is 2. The summed E-state index contributed by atoms with van der Waals surface area (Å²) in [6.07, 6.45) is -6.98. The molecule has 4 aromatic rings. The molecule has 0 amide bonds. The van der Waals surface area contributed by atoms with Crippen LogP contribution in [-0.4, -0.2) is 128 Å². The zero-order valence-electron chi connectivity index (χ0n) is 30.1. The van der Waals surface area contributed by atoms with Gasteiger partial charge in [0.15, 0.2) is 53.3 Å². The van der Waals surface area contributed by atoms with Gasteiger partial charge in [-0.2, -0.15) is 0 Å². The number of ether oxygens (including phenoxy) is 2. The number of aliphatic hydroxyl groups excluding tert-OH is 4. The number of aliphatic hydroxyl groups is 4. The third kappa shape index (κ3) is 11.2. The maximum Gasteiger partial charge on any atom is 1.00 e. The molecule has 2 fully saturated rings. The predicted molar refractivity (Wildman–Crippen MR) is 176 cm³/mol. The Morgan fingerprint density at radius 2 is 1.12 bits per heavy atom. The second-order valence-electron chi connectivity index (χ2n) is 11.4. The van der Waals surface area contributed by atoms with Gasteiger partial charge in [-0.3, -0.25) is 18.0 Å². The van der Waals surface area contributed by atoms with Gasteiger partial charge in [0.05, 0.1) is 31.8 Å². The zero-order chi connectivity index (χ0) is 38.6. The Hall–Kier alpha value is 0.610. The van der Waals surface area contributed by atoms with E-state index in [0.717, 1.165) is 23.5 Å². The Labute approximate surface area is 391 Å². The maximum atomic E-state index is 12.6. The van der Waals surface area contributed by atoms with Crippen LogP contribution >= 0.6 is 46.5 Å². The van der Waals surface area contributed by atoms with Gasteiger partial charge in [-0.1, -0.05) is 23.5 Å². The second kappa shape index (κ2) is 20.2. The Morgan fingerprint density at radius 3 is 1.54 bits per heavy atom. The number of phosphoric ester groups is 1. The number of thioether (sulfide) groups is 2. The van der Waals surface area contributed by atoms with E-state index in [1.54, 1.807) is 12.5 Å². The molecule has 2 aliphatic heterocycles. The average molecular weight is 913 g/mol. The van der Waals surface area contributed by atoms with Gasteiger partial charge in [0.2, 0.25) is 0 Å². The number of imidazole rings is 2. The molecule has 4 aromatic heterocycles. The Kier molecular flexibility index (Phi) is 18.4. The summed E-state index contributed by atoms with van der Waals surface area (Å²) in [7, 11) is -17.2. The van der Waals surface area contributed by atoms with E-state index in [2.05, 4.69) is 38.7 Å². The fraction of sp³-hybridized carbons (Fsp3) is 0.565. The maximum absolute atomic E-state index is 12.6. The van der Waals surface area contributed by atoms with Crippen LogP contribution in [0.5, 0.6) is 0 Å². The van der Waals surface area contributed by atoms with E-state index in [1.807, 2.05) is 0 Å². The SMILES string of the molecule is CSc1nc(N)c2ncn([C@@H]3O[C@H](COP(=O)([O-])CP(=O)([O-])OP(=O)([O-])OC[C@H]4O[C@@H](n5cnc6c(N)nc(SC)nc65)[C@H](O)[C@@H]4O)[C@@H](O)[C@H]3O)c2n1.[Na+].[Na+].[Na+]. The van der Waals surface area contributed by atoms with E-state index >= 15 is 0 Å². The second-order valence-corrected chi connectivity index (χ2v) is 18.6. The van der Waals surface area contributed by atoms with Crippen LogP contribution in [0.2, 0.25) is 0 Å². The molecule has 0 aromatic carbocycles. The van der Waals surface area contributed by atoms with Crippen LogP contribution in [0.4, 0.5) is 11.6 Å². The van der Waals surface area contributed by atoms with Gasteiger partial charge in [-0.15, -0.1) is 0 Å². The van der Waals surface area contributed by atoms with Crippen LogP contribution in [0.1, 0.15) is 12.5 Å². The third-order valence-electron chi connectivity index (χ3n) is 7.85. The number of hydrogen-bond donors (Lipinski definition) is 6. The van der Waals surface area contributed by atoms with E-state index in [4.69, 9.17) is 25.5 Å². The molecule has 6 heterocycles. The van der Waals surface area contributed by atoms with Crippen molar-refractivity contribution in [2.24, 2.45) is 0 Å². The Morgan fingerprint density at radius 1 is 0.714 bits per heavy atom. The summed E-state index contributed by atoms with van der Waals surface area (Å²) in [4.78, 5) is 62.3. The number of nitrogen functional groups attached to an aromatic ring is 2. The smallest absolute Gasteiger partial charge is 0.778 e. The molecule has 33 heteroatoms. The molecule has 6 rings (SSSR count). The van der Waals surface area contributed by atoms with Crippen molar-refractivity contribution in [1.29, 1.82) is 0 Å². The number of aromatic nitrogens is 8. The molecule has 0 radical (unpaired) electrons. The molecule has 0 spiro atoms. The van der Waals surface area contributed by atoms with Crippen molar-refractivity contribution in [3.05, 3.63) is 12.7 Å². The van der Waals surface area contributed by atoms with E-state index in [-0.39, 0.29) is 133 Å². The van der Waals surface area contributed by atoms with Crippen molar-refractivity contribution in [2.45, 2.75) is 59.4 Å². The normalized spacial score (nSPS) is 28.2. The molecule has 2 aliphatic rings. The topological polar surface area (TPSA) is 387 Å². The van der Waals surface area contributed by atoms with E-state index in [1.165, 1.54) is 21.8 Å². The molecule has 8 N–H and O–H groups in total. The van der Waals surface area contributed by atoms with Gasteiger partial charge in [0, 0.05) is 0 Å². The summed E-state index contributed by atoms with van der Waals surface area (Å²) in [5.74, 6) is -1.93. The first kappa shape index (κ1) is 51.0. The number of fused-ring (bicyclic) bond motifs is 2. The Balaban J connectivity index is 0.00000280. The summed E-state index contributed by atoms with van der Waals surface area (Å²) in [6, 6.07) is 0. The summed E-state index contributed by atoms with van der Waals surface area (Å²) in [5, 5.41) is 42.8. The van der Waals surface area contributed by atoms with Crippen molar-refractivity contribution >= 4 is 80.5 Å².